The molecule has 0 saturated carbocycles. The maximum Gasteiger partial charge on any atom is 0.259 e. The third-order valence-electron chi connectivity index (χ3n) is 4.90. The number of fused-ring (bicyclic) bond motifs is 1. The number of hydrogen-bond donors (Lipinski definition) is 4. The van der Waals surface area contributed by atoms with Gasteiger partial charge < -0.3 is 26.3 Å². The van der Waals surface area contributed by atoms with Crippen LogP contribution in [0.4, 0.5) is 10.1 Å². The molecule has 4 rings (SSSR count). The first-order chi connectivity index (χ1) is 14.5. The molecular formula is C21H21FN6O2. The first-order valence-electron chi connectivity index (χ1n) is 9.52. The number of carbonyl (C=O) groups is 1. The lowest BCUT2D eigenvalue weighted by atomic mass is 10.1. The molecule has 0 atom stereocenters. The second kappa shape index (κ2) is 8.34. The predicted molar refractivity (Wildman–Crippen MR) is 113 cm³/mol. The lowest BCUT2D eigenvalue weighted by Crippen LogP contribution is -2.46. The normalized spacial score (nSPS) is 14.7. The Morgan fingerprint density at radius 1 is 1.20 bits per heavy atom. The van der Waals surface area contributed by atoms with Crippen LogP contribution in [0.5, 0.6) is 0 Å². The van der Waals surface area contributed by atoms with Gasteiger partial charge in [0.05, 0.1) is 17.5 Å². The summed E-state index contributed by atoms with van der Waals surface area (Å²) < 4.78 is 13.4. The number of benzene rings is 1. The van der Waals surface area contributed by atoms with E-state index in [2.05, 4.69) is 20.6 Å². The summed E-state index contributed by atoms with van der Waals surface area (Å²) in [4.78, 5) is 33.0. The van der Waals surface area contributed by atoms with Crippen molar-refractivity contribution in [2.75, 3.05) is 31.5 Å². The summed E-state index contributed by atoms with van der Waals surface area (Å²) in [6, 6.07) is 9.79. The van der Waals surface area contributed by atoms with Crippen molar-refractivity contribution in [2.24, 2.45) is 5.73 Å². The molecule has 1 amide bonds. The third kappa shape index (κ3) is 4.15. The van der Waals surface area contributed by atoms with Gasteiger partial charge in [0.2, 0.25) is 0 Å². The van der Waals surface area contributed by atoms with Crippen molar-refractivity contribution in [3.63, 3.8) is 0 Å². The maximum atomic E-state index is 13.4. The van der Waals surface area contributed by atoms with Gasteiger partial charge in [0.15, 0.2) is 0 Å². The molecule has 3 aromatic rings. The lowest BCUT2D eigenvalue weighted by molar-refractivity contribution is 0.0736. The number of piperazine rings is 1. The standard InChI is InChI=1S/C21H21FN6O2/c22-15-9-14-10-17(20(29)27-19(14)26-11-15)18(23)12-25-16-3-1-13(2-4-16)21(30)28-7-5-24-6-8-28/h1-4,9-12,24-25H,5-8,23H2,(H,26,27,29)/b18-12-. The van der Waals surface area contributed by atoms with E-state index in [0.29, 0.717) is 29.7 Å². The Hall–Kier alpha value is -3.72. The van der Waals surface area contributed by atoms with E-state index in [-0.39, 0.29) is 22.8 Å². The monoisotopic (exact) mass is 408 g/mol. The Morgan fingerprint density at radius 3 is 2.67 bits per heavy atom. The molecule has 9 heteroatoms. The zero-order valence-electron chi connectivity index (χ0n) is 16.1. The van der Waals surface area contributed by atoms with Crippen LogP contribution in [0.1, 0.15) is 15.9 Å². The number of amides is 1. The number of nitrogens with zero attached hydrogens (tertiary/aromatic N) is 2. The van der Waals surface area contributed by atoms with Gasteiger partial charge in [-0.3, -0.25) is 9.59 Å². The first kappa shape index (κ1) is 19.6. The van der Waals surface area contributed by atoms with E-state index < -0.39 is 11.4 Å². The van der Waals surface area contributed by atoms with Crippen LogP contribution in [-0.2, 0) is 0 Å². The lowest BCUT2D eigenvalue weighted by Gasteiger charge is -2.27. The van der Waals surface area contributed by atoms with Gasteiger partial charge in [-0.1, -0.05) is 0 Å². The quantitative estimate of drug-likeness (QED) is 0.520. The van der Waals surface area contributed by atoms with Crippen LogP contribution in [0, 0.1) is 5.82 Å². The Bertz CT molecular complexity index is 1170. The van der Waals surface area contributed by atoms with E-state index in [1.807, 2.05) is 4.90 Å². The van der Waals surface area contributed by atoms with Crippen molar-refractivity contribution in [3.8, 4) is 0 Å². The van der Waals surface area contributed by atoms with Crippen molar-refractivity contribution in [3.05, 3.63) is 76.1 Å². The third-order valence-corrected chi connectivity index (χ3v) is 4.90. The van der Waals surface area contributed by atoms with Gasteiger partial charge in [-0.05, 0) is 36.4 Å². The van der Waals surface area contributed by atoms with E-state index >= 15 is 0 Å². The highest BCUT2D eigenvalue weighted by Crippen LogP contribution is 2.15. The largest absolute Gasteiger partial charge is 0.397 e. The van der Waals surface area contributed by atoms with Gasteiger partial charge in [-0.15, -0.1) is 0 Å². The fourth-order valence-electron chi connectivity index (χ4n) is 3.28. The van der Waals surface area contributed by atoms with E-state index in [0.717, 1.165) is 19.3 Å². The summed E-state index contributed by atoms with van der Waals surface area (Å²) in [6.45, 7) is 2.98. The highest BCUT2D eigenvalue weighted by atomic mass is 19.1. The van der Waals surface area contributed by atoms with Gasteiger partial charge in [-0.25, -0.2) is 9.37 Å². The highest BCUT2D eigenvalue weighted by molar-refractivity contribution is 5.94. The number of rotatable bonds is 4. The van der Waals surface area contributed by atoms with Crippen LogP contribution in [0.3, 0.4) is 0 Å². The van der Waals surface area contributed by atoms with Crippen LogP contribution in [0.25, 0.3) is 16.7 Å². The number of nitrogens with one attached hydrogen (secondary N) is 3. The highest BCUT2D eigenvalue weighted by Gasteiger charge is 2.17. The van der Waals surface area contributed by atoms with Crippen LogP contribution in [-0.4, -0.2) is 47.0 Å². The number of aromatic nitrogens is 2. The van der Waals surface area contributed by atoms with Crippen molar-refractivity contribution in [2.45, 2.75) is 0 Å². The van der Waals surface area contributed by atoms with Crippen LogP contribution >= 0.6 is 0 Å². The zero-order chi connectivity index (χ0) is 21.1. The minimum Gasteiger partial charge on any atom is -0.397 e. The smallest absolute Gasteiger partial charge is 0.259 e. The van der Waals surface area contributed by atoms with E-state index in [1.54, 1.807) is 24.3 Å². The minimum atomic E-state index is -0.503. The SMILES string of the molecule is N/C(=C\Nc1ccc(C(=O)N2CCNCC2)cc1)c1cc2cc(F)cnc2[nH]c1=O. The molecule has 2 aromatic heterocycles. The van der Waals surface area contributed by atoms with Gasteiger partial charge in [0.1, 0.15) is 11.5 Å². The molecule has 0 aliphatic carbocycles. The minimum absolute atomic E-state index is 0.00152. The molecule has 8 nitrogen and oxygen atoms in total. The van der Waals surface area contributed by atoms with Gasteiger partial charge in [-0.2, -0.15) is 0 Å². The fraction of sp³-hybridized carbons (Fsp3) is 0.190. The molecule has 1 saturated heterocycles. The van der Waals surface area contributed by atoms with Crippen LogP contribution < -0.4 is 21.9 Å². The Morgan fingerprint density at radius 2 is 1.93 bits per heavy atom. The molecule has 1 aromatic carbocycles. The van der Waals surface area contributed by atoms with E-state index in [9.17, 15) is 14.0 Å². The molecule has 3 heterocycles. The summed E-state index contributed by atoms with van der Waals surface area (Å²) in [5, 5.41) is 6.67. The summed E-state index contributed by atoms with van der Waals surface area (Å²) in [5.41, 5.74) is 7.62. The fourth-order valence-corrected chi connectivity index (χ4v) is 3.28. The molecule has 1 fully saturated rings. The predicted octanol–water partition coefficient (Wildman–Crippen LogP) is 1.48. The van der Waals surface area contributed by atoms with Crippen molar-refractivity contribution < 1.29 is 9.18 Å². The molecule has 154 valence electrons. The van der Waals surface area contributed by atoms with E-state index in [1.165, 1.54) is 18.3 Å². The van der Waals surface area contributed by atoms with Crippen LogP contribution in [0.2, 0.25) is 0 Å². The molecule has 5 N–H and O–H groups in total. The summed E-state index contributed by atoms with van der Waals surface area (Å²) >= 11 is 0. The van der Waals surface area contributed by atoms with Gasteiger partial charge in [0.25, 0.3) is 11.5 Å². The molecule has 1 aliphatic rings. The first-order valence-corrected chi connectivity index (χ1v) is 9.52. The van der Waals surface area contributed by atoms with Gasteiger partial charge >= 0.3 is 0 Å². The Balaban J connectivity index is 1.49. The average Bonchev–Trinajstić information content (AvgIpc) is 2.77. The second-order valence-electron chi connectivity index (χ2n) is 6.97. The number of anilines is 1. The number of halogens is 1. The number of aromatic amines is 1. The van der Waals surface area contributed by atoms with Crippen molar-refractivity contribution in [1.82, 2.24) is 20.2 Å². The number of hydrogen-bond acceptors (Lipinski definition) is 6. The van der Waals surface area contributed by atoms with Crippen LogP contribution in [0.15, 0.2) is 53.6 Å². The molecule has 30 heavy (non-hydrogen) atoms. The summed E-state index contributed by atoms with van der Waals surface area (Å²) in [5.74, 6) is -0.502. The Labute approximate surface area is 171 Å². The molecular weight excluding hydrogens is 387 g/mol. The number of pyridine rings is 2. The zero-order valence-corrected chi connectivity index (χ0v) is 16.1. The number of carbonyl (C=O) groups excluding carboxylic acids is 1. The molecule has 0 bridgehead atoms. The molecule has 1 aliphatic heterocycles. The molecule has 0 unspecified atom stereocenters. The average molecular weight is 408 g/mol. The summed E-state index contributed by atoms with van der Waals surface area (Å²) in [6.07, 6.45) is 2.52. The van der Waals surface area contributed by atoms with Crippen molar-refractivity contribution >= 4 is 28.3 Å². The maximum absolute atomic E-state index is 13.4. The Kier molecular flexibility index (Phi) is 5.44. The topological polar surface area (TPSA) is 116 Å². The van der Waals surface area contributed by atoms with Gasteiger partial charge in [0, 0.05) is 49.0 Å². The van der Waals surface area contributed by atoms with E-state index in [4.69, 9.17) is 5.73 Å². The second-order valence-corrected chi connectivity index (χ2v) is 6.97. The molecule has 0 radical (unpaired) electrons. The number of H-pyrrole nitrogens is 1. The summed E-state index contributed by atoms with van der Waals surface area (Å²) in [7, 11) is 0. The number of nitrogens with two attached hydrogens (primary N) is 1. The molecule has 0 spiro atoms. The van der Waals surface area contributed by atoms with Crippen molar-refractivity contribution in [1.29, 1.82) is 0 Å².